The first-order valence-electron chi connectivity index (χ1n) is 7.35. The molecule has 1 saturated heterocycles. The zero-order valence-corrected chi connectivity index (χ0v) is 14.6. The molecule has 1 aliphatic heterocycles. The zero-order chi connectivity index (χ0) is 16.4. The lowest BCUT2D eigenvalue weighted by atomic mass is 10.2. The molecule has 0 aliphatic carbocycles. The topological polar surface area (TPSA) is 86.3 Å². The van der Waals surface area contributed by atoms with Crippen LogP contribution in [0, 0.1) is 0 Å². The summed E-state index contributed by atoms with van der Waals surface area (Å²) in [7, 11) is 0. The molecule has 0 bridgehead atoms. The largest absolute Gasteiger partial charge is 0.372 e. The molecule has 0 saturated carbocycles. The van der Waals surface area contributed by atoms with Gasteiger partial charge >= 0.3 is 0 Å². The third-order valence-electron chi connectivity index (χ3n) is 3.50. The Labute approximate surface area is 142 Å². The van der Waals surface area contributed by atoms with E-state index in [0.717, 1.165) is 4.88 Å². The molecule has 23 heavy (non-hydrogen) atoms. The van der Waals surface area contributed by atoms with Crippen LogP contribution in [-0.2, 0) is 9.53 Å². The highest BCUT2D eigenvalue weighted by Gasteiger charge is 2.26. The fourth-order valence-electron chi connectivity index (χ4n) is 2.55. The lowest BCUT2D eigenvalue weighted by Crippen LogP contribution is -2.48. The van der Waals surface area contributed by atoms with Gasteiger partial charge in [-0.2, -0.15) is 0 Å². The summed E-state index contributed by atoms with van der Waals surface area (Å²) in [5.74, 6) is 7.01. The van der Waals surface area contributed by atoms with Crippen molar-refractivity contribution in [1.29, 1.82) is 0 Å². The molecule has 9 heteroatoms. The van der Waals surface area contributed by atoms with Gasteiger partial charge in [0.05, 0.1) is 22.8 Å². The van der Waals surface area contributed by atoms with Crippen molar-refractivity contribution in [2.45, 2.75) is 31.2 Å². The van der Waals surface area contributed by atoms with E-state index in [0.29, 0.717) is 29.8 Å². The Hall–Kier alpha value is -1.58. The number of nitrogen functional groups attached to an aromatic ring is 1. The lowest BCUT2D eigenvalue weighted by molar-refractivity contribution is -0.140. The molecule has 0 unspecified atom stereocenters. The summed E-state index contributed by atoms with van der Waals surface area (Å²) >= 11 is 2.86. The van der Waals surface area contributed by atoms with E-state index in [4.69, 9.17) is 10.6 Å². The van der Waals surface area contributed by atoms with Crippen molar-refractivity contribution < 1.29 is 9.53 Å². The van der Waals surface area contributed by atoms with E-state index in [1.54, 1.807) is 11.3 Å². The van der Waals surface area contributed by atoms with E-state index in [-0.39, 0.29) is 18.1 Å². The Balaban J connectivity index is 1.61. The number of carbonyl (C=O) groups is 1. The predicted octanol–water partition coefficient (Wildman–Crippen LogP) is 1.45. The van der Waals surface area contributed by atoms with Crippen molar-refractivity contribution >= 4 is 29.0 Å². The van der Waals surface area contributed by atoms with Gasteiger partial charge in [0.2, 0.25) is 11.1 Å². The Bertz CT molecular complexity index is 663. The second-order valence-electron chi connectivity index (χ2n) is 5.50. The quantitative estimate of drug-likeness (QED) is 0.661. The van der Waals surface area contributed by atoms with E-state index in [9.17, 15) is 4.79 Å². The van der Waals surface area contributed by atoms with E-state index < -0.39 is 0 Å². The highest BCUT2D eigenvalue weighted by atomic mass is 32.2. The molecule has 0 radical (unpaired) electrons. The first-order chi connectivity index (χ1) is 11.0. The van der Waals surface area contributed by atoms with E-state index in [2.05, 4.69) is 10.2 Å². The number of nitrogens with zero attached hydrogens (tertiary/aromatic N) is 4. The van der Waals surface area contributed by atoms with Gasteiger partial charge in [-0.1, -0.05) is 17.8 Å². The Morgan fingerprint density at radius 1 is 1.43 bits per heavy atom. The molecule has 2 atom stereocenters. The Morgan fingerprint density at radius 3 is 2.83 bits per heavy atom. The highest BCUT2D eigenvalue weighted by molar-refractivity contribution is 7.99. The number of amides is 1. The van der Waals surface area contributed by atoms with Gasteiger partial charge in [-0.25, -0.2) is 4.68 Å². The van der Waals surface area contributed by atoms with Crippen LogP contribution in [-0.4, -0.2) is 56.7 Å². The number of hydrogen-bond acceptors (Lipinski definition) is 7. The molecule has 3 heterocycles. The number of ether oxygens (including phenoxy) is 1. The molecule has 1 fully saturated rings. The van der Waals surface area contributed by atoms with E-state index in [1.807, 2.05) is 36.3 Å². The van der Waals surface area contributed by atoms with Crippen LogP contribution in [0.4, 0.5) is 0 Å². The number of hydrogen-bond donors (Lipinski definition) is 1. The van der Waals surface area contributed by atoms with Gasteiger partial charge in [0.15, 0.2) is 5.82 Å². The van der Waals surface area contributed by atoms with Crippen LogP contribution < -0.4 is 5.84 Å². The fourth-order valence-corrected chi connectivity index (χ4v) is 4.01. The van der Waals surface area contributed by atoms with Crippen LogP contribution >= 0.6 is 23.1 Å². The first kappa shape index (κ1) is 16.3. The Kier molecular flexibility index (Phi) is 4.88. The summed E-state index contributed by atoms with van der Waals surface area (Å²) in [6.45, 7) is 5.21. The summed E-state index contributed by atoms with van der Waals surface area (Å²) in [5.41, 5.74) is 0. The second-order valence-corrected chi connectivity index (χ2v) is 7.39. The highest BCUT2D eigenvalue weighted by Crippen LogP contribution is 2.25. The van der Waals surface area contributed by atoms with Gasteiger partial charge in [0.25, 0.3) is 0 Å². The number of thioether (sulfide) groups is 1. The van der Waals surface area contributed by atoms with Gasteiger partial charge in [-0.05, 0) is 25.3 Å². The van der Waals surface area contributed by atoms with Gasteiger partial charge in [0.1, 0.15) is 0 Å². The minimum atomic E-state index is 0.0660. The molecular formula is C14H19N5O2S2. The number of aromatic nitrogens is 3. The first-order valence-corrected chi connectivity index (χ1v) is 9.21. The molecule has 2 aromatic heterocycles. The molecule has 124 valence electrons. The number of morpholine rings is 1. The number of nitrogens with two attached hydrogens (primary N) is 1. The predicted molar refractivity (Wildman–Crippen MR) is 90.8 cm³/mol. The van der Waals surface area contributed by atoms with Crippen molar-refractivity contribution in [3.05, 3.63) is 17.5 Å². The Morgan fingerprint density at radius 2 is 2.17 bits per heavy atom. The van der Waals surface area contributed by atoms with Crippen LogP contribution in [0.25, 0.3) is 10.7 Å². The summed E-state index contributed by atoms with van der Waals surface area (Å²) in [5, 5.41) is 10.7. The van der Waals surface area contributed by atoms with Crippen LogP contribution in [0.5, 0.6) is 0 Å². The minimum Gasteiger partial charge on any atom is -0.372 e. The molecule has 7 nitrogen and oxygen atoms in total. The molecule has 2 aromatic rings. The number of rotatable bonds is 4. The smallest absolute Gasteiger partial charge is 0.233 e. The van der Waals surface area contributed by atoms with Crippen LogP contribution in [0.1, 0.15) is 13.8 Å². The zero-order valence-electron chi connectivity index (χ0n) is 13.0. The number of thiophene rings is 1. The van der Waals surface area contributed by atoms with Crippen LogP contribution in [0.2, 0.25) is 0 Å². The standard InChI is InChI=1S/C14H19N5O2S2/c1-9-6-18(7-10(2)21-9)12(20)8-23-14-17-16-13(19(14)15)11-4-3-5-22-11/h3-5,9-10H,6-8,15H2,1-2H3/t9-,10-/m0/s1. The molecular weight excluding hydrogens is 334 g/mol. The second kappa shape index (κ2) is 6.90. The molecule has 3 rings (SSSR count). The van der Waals surface area contributed by atoms with E-state index >= 15 is 0 Å². The van der Waals surface area contributed by atoms with Crippen molar-refractivity contribution in [2.75, 3.05) is 24.7 Å². The van der Waals surface area contributed by atoms with Gasteiger partial charge in [-0.15, -0.1) is 21.5 Å². The normalized spacial score (nSPS) is 21.6. The van der Waals surface area contributed by atoms with Gasteiger partial charge in [-0.3, -0.25) is 4.79 Å². The third kappa shape index (κ3) is 3.67. The number of carbonyl (C=O) groups excluding carboxylic acids is 1. The van der Waals surface area contributed by atoms with Crippen molar-refractivity contribution in [1.82, 2.24) is 19.8 Å². The SMILES string of the molecule is C[C@H]1CN(C(=O)CSc2nnc(-c3cccs3)n2N)C[C@H](C)O1. The van der Waals surface area contributed by atoms with Gasteiger partial charge in [0, 0.05) is 13.1 Å². The molecule has 1 amide bonds. The molecule has 1 aliphatic rings. The van der Waals surface area contributed by atoms with Crippen molar-refractivity contribution in [3.63, 3.8) is 0 Å². The van der Waals surface area contributed by atoms with Crippen LogP contribution in [0.15, 0.2) is 22.7 Å². The van der Waals surface area contributed by atoms with Crippen molar-refractivity contribution in [2.24, 2.45) is 0 Å². The molecule has 0 spiro atoms. The fraction of sp³-hybridized carbons (Fsp3) is 0.500. The third-order valence-corrected chi connectivity index (χ3v) is 5.30. The summed E-state index contributed by atoms with van der Waals surface area (Å²) in [4.78, 5) is 15.2. The molecule has 2 N–H and O–H groups in total. The summed E-state index contributed by atoms with van der Waals surface area (Å²) in [6, 6.07) is 3.87. The monoisotopic (exact) mass is 353 g/mol. The van der Waals surface area contributed by atoms with Crippen LogP contribution in [0.3, 0.4) is 0 Å². The molecule has 0 aromatic carbocycles. The average molecular weight is 353 g/mol. The average Bonchev–Trinajstić information content (AvgIpc) is 3.13. The summed E-state index contributed by atoms with van der Waals surface area (Å²) < 4.78 is 7.09. The maximum Gasteiger partial charge on any atom is 0.233 e. The maximum absolute atomic E-state index is 12.4. The van der Waals surface area contributed by atoms with Crippen molar-refractivity contribution in [3.8, 4) is 10.7 Å². The lowest BCUT2D eigenvalue weighted by Gasteiger charge is -2.35. The van der Waals surface area contributed by atoms with E-state index in [1.165, 1.54) is 16.4 Å². The maximum atomic E-state index is 12.4. The minimum absolute atomic E-state index is 0.0660. The van der Waals surface area contributed by atoms with Gasteiger partial charge < -0.3 is 15.5 Å². The summed E-state index contributed by atoms with van der Waals surface area (Å²) in [6.07, 6.45) is 0.132.